The first kappa shape index (κ1) is 72.3. The zero-order valence-corrected chi connectivity index (χ0v) is 50.1. The van der Waals surface area contributed by atoms with Crippen LogP contribution in [0.5, 0.6) is 0 Å². The van der Waals surface area contributed by atoms with Gasteiger partial charge < -0.3 is 20.3 Å². The van der Waals surface area contributed by atoms with E-state index in [-0.39, 0.29) is 18.5 Å². The molecule has 74 heavy (non-hydrogen) atoms. The molecule has 0 aliphatic heterocycles. The predicted molar refractivity (Wildman–Crippen MR) is 324 cm³/mol. The molecule has 0 heterocycles. The molecule has 0 bridgehead atoms. The second-order valence-corrected chi connectivity index (χ2v) is 23.2. The number of ether oxygens (including phenoxy) is 1. The van der Waals surface area contributed by atoms with Crippen LogP contribution in [0, 0.1) is 0 Å². The number of nitrogens with one attached hydrogen (secondary N) is 1. The highest BCUT2D eigenvalue weighted by Crippen LogP contribution is 2.18. The molecule has 2 unspecified atom stereocenters. The molecule has 0 radical (unpaired) electrons. The van der Waals surface area contributed by atoms with Crippen LogP contribution in [0.25, 0.3) is 0 Å². The van der Waals surface area contributed by atoms with Crippen molar-refractivity contribution in [1.82, 2.24) is 5.32 Å². The summed E-state index contributed by atoms with van der Waals surface area (Å²) < 4.78 is 5.50. The Kier molecular flexibility index (Phi) is 62.4. The van der Waals surface area contributed by atoms with Crippen molar-refractivity contribution < 1.29 is 24.5 Å². The molecular formula is C68H131NO5. The number of carbonyl (C=O) groups excluding carboxylic acids is 2. The number of aliphatic hydroxyl groups is 2. The Hall–Kier alpha value is -1.66. The molecule has 438 valence electrons. The van der Waals surface area contributed by atoms with Crippen LogP contribution in [0.4, 0.5) is 0 Å². The lowest BCUT2D eigenvalue weighted by atomic mass is 10.0. The summed E-state index contributed by atoms with van der Waals surface area (Å²) in [5.74, 6) is -0.0580. The third-order valence-corrected chi connectivity index (χ3v) is 15.7. The second kappa shape index (κ2) is 63.9. The monoisotopic (exact) mass is 1040 g/mol. The van der Waals surface area contributed by atoms with Gasteiger partial charge in [-0.2, -0.15) is 0 Å². The van der Waals surface area contributed by atoms with Gasteiger partial charge in [-0.1, -0.05) is 327 Å². The number of rotatable bonds is 63. The van der Waals surface area contributed by atoms with Crippen LogP contribution in [0.15, 0.2) is 24.3 Å². The summed E-state index contributed by atoms with van der Waals surface area (Å²) in [4.78, 5) is 24.6. The predicted octanol–water partition coefficient (Wildman–Crippen LogP) is 21.4. The Morgan fingerprint density at radius 3 is 0.959 bits per heavy atom. The van der Waals surface area contributed by atoms with Crippen molar-refractivity contribution in [2.75, 3.05) is 13.2 Å². The van der Waals surface area contributed by atoms with E-state index in [0.29, 0.717) is 19.4 Å². The SMILES string of the molecule is CCCCCCCCCCCCCCCCCC/C=C/C(O)C(CO)NC(=O)CCCCCCCCC/C=C\CCCCCCCCCCCCCOC(=O)CCCCCCCCCCCCCCCCCCC. The molecule has 0 aromatic carbocycles. The van der Waals surface area contributed by atoms with Gasteiger partial charge in [-0.25, -0.2) is 0 Å². The lowest BCUT2D eigenvalue weighted by molar-refractivity contribution is -0.143. The number of unbranched alkanes of at least 4 members (excludes halogenated alkanes) is 50. The maximum atomic E-state index is 12.5. The minimum atomic E-state index is -0.849. The number of hydrogen-bond acceptors (Lipinski definition) is 5. The summed E-state index contributed by atoms with van der Waals surface area (Å²) in [6.07, 6.45) is 79.5. The third kappa shape index (κ3) is 59.6. The number of hydrogen-bond donors (Lipinski definition) is 3. The minimum absolute atomic E-state index is 0.0140. The molecule has 0 aliphatic rings. The molecule has 6 heteroatoms. The number of aliphatic hydroxyl groups excluding tert-OH is 2. The van der Waals surface area contributed by atoms with Gasteiger partial charge in [-0.15, -0.1) is 0 Å². The van der Waals surface area contributed by atoms with Crippen molar-refractivity contribution >= 4 is 11.9 Å². The Morgan fingerprint density at radius 2 is 0.635 bits per heavy atom. The Bertz CT molecular complexity index is 1150. The first-order valence-electron chi connectivity index (χ1n) is 33.6. The summed E-state index contributed by atoms with van der Waals surface area (Å²) in [6, 6.07) is -0.633. The van der Waals surface area contributed by atoms with Crippen molar-refractivity contribution in [2.24, 2.45) is 0 Å². The Morgan fingerprint density at radius 1 is 0.365 bits per heavy atom. The quantitative estimate of drug-likeness (QED) is 0.0320. The average Bonchev–Trinajstić information content (AvgIpc) is 3.40. The topological polar surface area (TPSA) is 95.9 Å². The van der Waals surface area contributed by atoms with Crippen LogP contribution < -0.4 is 5.32 Å². The van der Waals surface area contributed by atoms with Gasteiger partial charge in [0.1, 0.15) is 0 Å². The van der Waals surface area contributed by atoms with Crippen LogP contribution in [0.1, 0.15) is 373 Å². The molecule has 0 aliphatic carbocycles. The highest BCUT2D eigenvalue weighted by atomic mass is 16.5. The molecule has 2 atom stereocenters. The van der Waals surface area contributed by atoms with Gasteiger partial charge in [-0.05, 0) is 57.8 Å². The van der Waals surface area contributed by atoms with Crippen molar-refractivity contribution in [2.45, 2.75) is 386 Å². The van der Waals surface area contributed by atoms with Crippen LogP contribution in [-0.2, 0) is 14.3 Å². The van der Waals surface area contributed by atoms with Gasteiger partial charge in [0.2, 0.25) is 5.91 Å². The number of carbonyl (C=O) groups is 2. The van der Waals surface area contributed by atoms with Gasteiger partial charge >= 0.3 is 5.97 Å². The first-order chi connectivity index (χ1) is 36.5. The molecular weight excluding hydrogens is 911 g/mol. The smallest absolute Gasteiger partial charge is 0.305 e. The van der Waals surface area contributed by atoms with E-state index < -0.39 is 12.1 Å². The van der Waals surface area contributed by atoms with Crippen LogP contribution in [-0.4, -0.2) is 47.4 Å². The van der Waals surface area contributed by atoms with Crippen molar-refractivity contribution in [1.29, 1.82) is 0 Å². The zero-order valence-electron chi connectivity index (χ0n) is 50.1. The molecule has 0 aromatic rings. The molecule has 3 N–H and O–H groups in total. The largest absolute Gasteiger partial charge is 0.466 e. The molecule has 0 aromatic heterocycles. The molecule has 0 saturated heterocycles. The maximum Gasteiger partial charge on any atom is 0.305 e. The van der Waals surface area contributed by atoms with Gasteiger partial charge in [0.05, 0.1) is 25.4 Å². The third-order valence-electron chi connectivity index (χ3n) is 15.7. The van der Waals surface area contributed by atoms with E-state index in [1.807, 2.05) is 6.08 Å². The molecule has 6 nitrogen and oxygen atoms in total. The van der Waals surface area contributed by atoms with Crippen molar-refractivity contribution in [3.8, 4) is 0 Å². The summed E-state index contributed by atoms with van der Waals surface area (Å²) >= 11 is 0. The highest BCUT2D eigenvalue weighted by molar-refractivity contribution is 5.76. The van der Waals surface area contributed by atoms with E-state index in [0.717, 1.165) is 44.9 Å². The van der Waals surface area contributed by atoms with Gasteiger partial charge in [-0.3, -0.25) is 9.59 Å². The van der Waals surface area contributed by atoms with E-state index >= 15 is 0 Å². The first-order valence-corrected chi connectivity index (χ1v) is 33.6. The number of amides is 1. The number of esters is 1. The summed E-state index contributed by atoms with van der Waals surface area (Å²) in [5.41, 5.74) is 0. The Balaban J connectivity index is 3.42. The summed E-state index contributed by atoms with van der Waals surface area (Å²) in [6.45, 7) is 4.93. The molecule has 0 rings (SSSR count). The summed E-state index contributed by atoms with van der Waals surface area (Å²) in [7, 11) is 0. The van der Waals surface area contributed by atoms with E-state index in [1.54, 1.807) is 6.08 Å². The van der Waals surface area contributed by atoms with E-state index in [4.69, 9.17) is 4.74 Å². The van der Waals surface area contributed by atoms with Crippen LogP contribution in [0.3, 0.4) is 0 Å². The van der Waals surface area contributed by atoms with E-state index in [9.17, 15) is 19.8 Å². The highest BCUT2D eigenvalue weighted by Gasteiger charge is 2.18. The fraction of sp³-hybridized carbons (Fsp3) is 0.912. The fourth-order valence-corrected chi connectivity index (χ4v) is 10.6. The van der Waals surface area contributed by atoms with Gasteiger partial charge in [0.15, 0.2) is 0 Å². The molecule has 0 spiro atoms. The zero-order chi connectivity index (χ0) is 53.6. The van der Waals surface area contributed by atoms with Crippen LogP contribution >= 0.6 is 0 Å². The van der Waals surface area contributed by atoms with Crippen LogP contribution in [0.2, 0.25) is 0 Å². The average molecular weight is 1040 g/mol. The van der Waals surface area contributed by atoms with E-state index in [1.165, 1.54) is 302 Å². The lowest BCUT2D eigenvalue weighted by Gasteiger charge is -2.20. The van der Waals surface area contributed by atoms with Gasteiger partial charge in [0, 0.05) is 12.8 Å². The second-order valence-electron chi connectivity index (χ2n) is 23.2. The summed E-state index contributed by atoms with van der Waals surface area (Å²) in [5, 5.41) is 23.2. The fourth-order valence-electron chi connectivity index (χ4n) is 10.6. The normalized spacial score (nSPS) is 12.6. The molecule has 1 amide bonds. The number of allylic oxidation sites excluding steroid dienone is 3. The lowest BCUT2D eigenvalue weighted by Crippen LogP contribution is -2.45. The maximum absolute atomic E-state index is 12.5. The van der Waals surface area contributed by atoms with Crippen molar-refractivity contribution in [3.05, 3.63) is 24.3 Å². The van der Waals surface area contributed by atoms with E-state index in [2.05, 4.69) is 31.3 Å². The molecule has 0 saturated carbocycles. The van der Waals surface area contributed by atoms with Crippen molar-refractivity contribution in [3.63, 3.8) is 0 Å². The standard InChI is InChI=1S/C68H131NO5/c1-3-5-7-9-11-13-15-17-19-21-29-32-36-40-44-48-52-56-60-66(71)65(64-70)69-67(72)61-57-53-49-45-41-37-33-30-26-24-22-23-25-27-31-35-39-43-47-51-55-59-63-74-68(73)62-58-54-50-46-42-38-34-28-20-18-16-14-12-10-8-6-4-2/h24,26,56,60,65-66,70-71H,3-23,25,27-55,57-59,61-64H2,1-2H3,(H,69,72)/b26-24-,60-56+. The molecule has 0 fully saturated rings. The Labute approximate surface area is 462 Å². The van der Waals surface area contributed by atoms with Gasteiger partial charge in [0.25, 0.3) is 0 Å². The minimum Gasteiger partial charge on any atom is -0.466 e.